The fourth-order valence-electron chi connectivity index (χ4n) is 3.09. The Morgan fingerprint density at radius 2 is 1.94 bits per heavy atom. The van der Waals surface area contributed by atoms with Crippen LogP contribution in [0.3, 0.4) is 0 Å². The van der Waals surface area contributed by atoms with Crippen LogP contribution in [-0.4, -0.2) is 34.6 Å². The zero-order valence-electron chi connectivity index (χ0n) is 16.7. The number of nitrogens with one attached hydrogen (secondary N) is 1. The van der Waals surface area contributed by atoms with Gasteiger partial charge in [-0.05, 0) is 42.7 Å². The third-order valence-electron chi connectivity index (χ3n) is 4.90. The molecule has 1 amide bonds. The van der Waals surface area contributed by atoms with Crippen LogP contribution in [0.1, 0.15) is 23.7 Å². The molecule has 1 aromatic heterocycles. The Balaban J connectivity index is 1.79. The molecule has 1 saturated carbocycles. The number of esters is 1. The Labute approximate surface area is 181 Å². The Bertz CT molecular complexity index is 1190. The lowest BCUT2D eigenvalue weighted by atomic mass is 10.1. The molecule has 0 spiro atoms. The van der Waals surface area contributed by atoms with Crippen molar-refractivity contribution in [3.8, 4) is 0 Å². The second-order valence-electron chi connectivity index (χ2n) is 7.21. The number of ether oxygens (including phenoxy) is 1. The molecule has 0 saturated heterocycles. The maximum Gasteiger partial charge on any atom is 0.325 e. The van der Waals surface area contributed by atoms with Crippen molar-refractivity contribution in [2.75, 3.05) is 7.11 Å². The second-order valence-corrected chi connectivity index (χ2v) is 8.28. The first-order valence-electron chi connectivity index (χ1n) is 9.75. The molecule has 31 heavy (non-hydrogen) atoms. The van der Waals surface area contributed by atoms with Crippen molar-refractivity contribution in [2.24, 2.45) is 0 Å². The maximum absolute atomic E-state index is 13.5. The van der Waals surface area contributed by atoms with E-state index in [2.05, 4.69) is 10.3 Å². The molecular formula is C22H20FN3O4S. The molecule has 1 atom stereocenters. The van der Waals surface area contributed by atoms with Crippen LogP contribution in [0.25, 0.3) is 10.9 Å². The van der Waals surface area contributed by atoms with Gasteiger partial charge in [0.05, 0.1) is 18.0 Å². The zero-order chi connectivity index (χ0) is 22.0. The number of hydrogen-bond acceptors (Lipinski definition) is 6. The normalized spacial score (nSPS) is 14.3. The molecule has 9 heteroatoms. The lowest BCUT2D eigenvalue weighted by Crippen LogP contribution is -2.31. The largest absolute Gasteiger partial charge is 0.468 e. The number of methoxy groups -OCH3 is 1. The van der Waals surface area contributed by atoms with Gasteiger partial charge >= 0.3 is 5.97 Å². The van der Waals surface area contributed by atoms with Crippen molar-refractivity contribution in [3.05, 3.63) is 70.3 Å². The molecule has 160 valence electrons. The third-order valence-corrected chi connectivity index (χ3v) is 6.14. The summed E-state index contributed by atoms with van der Waals surface area (Å²) in [7, 11) is 1.24. The summed E-state index contributed by atoms with van der Waals surface area (Å²) in [4.78, 5) is 42.6. The highest BCUT2D eigenvalue weighted by molar-refractivity contribution is 8.00. The van der Waals surface area contributed by atoms with Crippen molar-refractivity contribution < 1.29 is 18.7 Å². The Morgan fingerprint density at radius 1 is 1.23 bits per heavy atom. The highest BCUT2D eigenvalue weighted by Gasteiger charge is 2.30. The van der Waals surface area contributed by atoms with Gasteiger partial charge in [0.1, 0.15) is 17.6 Å². The highest BCUT2D eigenvalue weighted by Crippen LogP contribution is 2.36. The minimum absolute atomic E-state index is 0.123. The molecule has 0 bridgehead atoms. The Kier molecular flexibility index (Phi) is 6.03. The van der Waals surface area contributed by atoms with Gasteiger partial charge < -0.3 is 10.1 Å². The predicted octanol–water partition coefficient (Wildman–Crippen LogP) is 2.82. The molecule has 0 aliphatic heterocycles. The molecule has 1 aliphatic rings. The van der Waals surface area contributed by atoms with E-state index in [1.54, 1.807) is 24.3 Å². The summed E-state index contributed by atoms with van der Waals surface area (Å²) in [6.45, 7) is -0.337. The fourth-order valence-corrected chi connectivity index (χ4v) is 4.20. The van der Waals surface area contributed by atoms with Gasteiger partial charge in [-0.15, -0.1) is 0 Å². The summed E-state index contributed by atoms with van der Waals surface area (Å²) in [5, 5.41) is 2.73. The molecule has 0 radical (unpaired) electrons. The number of rotatable bonds is 7. The first-order chi connectivity index (χ1) is 15.0. The number of fused-ring (bicyclic) bond motifs is 1. The van der Waals surface area contributed by atoms with E-state index in [1.807, 2.05) is 0 Å². The number of carbonyl (C=O) groups excluding carboxylic acids is 2. The van der Waals surface area contributed by atoms with E-state index in [1.165, 1.54) is 35.9 Å². The lowest BCUT2D eigenvalue weighted by molar-refractivity contribution is -0.141. The fraction of sp³-hybridized carbons (Fsp3) is 0.273. The van der Waals surface area contributed by atoms with E-state index in [0.29, 0.717) is 16.5 Å². The Hall–Kier alpha value is -3.20. The number of para-hydroxylation sites is 1. The first-order valence-corrected chi connectivity index (χ1v) is 10.6. The van der Waals surface area contributed by atoms with Gasteiger partial charge in [-0.1, -0.05) is 36.0 Å². The van der Waals surface area contributed by atoms with E-state index in [-0.39, 0.29) is 23.7 Å². The summed E-state index contributed by atoms with van der Waals surface area (Å²) in [6.07, 6.45) is 1.82. The van der Waals surface area contributed by atoms with E-state index in [4.69, 9.17) is 4.74 Å². The number of aromatic nitrogens is 2. The molecule has 1 heterocycles. The number of hydrogen-bond donors (Lipinski definition) is 1. The minimum atomic E-state index is -0.779. The number of nitrogens with zero attached hydrogens (tertiary/aromatic N) is 2. The van der Waals surface area contributed by atoms with E-state index < -0.39 is 22.6 Å². The van der Waals surface area contributed by atoms with Gasteiger partial charge in [0.25, 0.3) is 5.56 Å². The molecule has 0 unspecified atom stereocenters. The molecule has 1 N–H and O–H groups in total. The first kappa shape index (κ1) is 21.0. The van der Waals surface area contributed by atoms with Crippen LogP contribution in [0.5, 0.6) is 0 Å². The number of benzene rings is 2. The van der Waals surface area contributed by atoms with E-state index in [0.717, 1.165) is 24.6 Å². The van der Waals surface area contributed by atoms with Gasteiger partial charge in [-0.2, -0.15) is 0 Å². The quantitative estimate of drug-likeness (QED) is 0.345. The van der Waals surface area contributed by atoms with Gasteiger partial charge in [-0.3, -0.25) is 19.0 Å². The van der Waals surface area contributed by atoms with Crippen molar-refractivity contribution >= 4 is 34.5 Å². The number of amides is 1. The van der Waals surface area contributed by atoms with Crippen LogP contribution in [0.15, 0.2) is 58.5 Å². The van der Waals surface area contributed by atoms with Crippen LogP contribution in [0.2, 0.25) is 0 Å². The molecule has 1 aliphatic carbocycles. The number of carbonyl (C=O) groups is 2. The third kappa shape index (κ3) is 4.77. The van der Waals surface area contributed by atoms with Crippen LogP contribution < -0.4 is 10.9 Å². The van der Waals surface area contributed by atoms with Gasteiger partial charge in [0.15, 0.2) is 5.16 Å². The van der Waals surface area contributed by atoms with Gasteiger partial charge in [-0.25, -0.2) is 9.37 Å². The van der Waals surface area contributed by atoms with Crippen LogP contribution in [0.4, 0.5) is 4.39 Å². The summed E-state index contributed by atoms with van der Waals surface area (Å²) < 4.78 is 19.4. The predicted molar refractivity (Wildman–Crippen MR) is 114 cm³/mol. The molecular weight excluding hydrogens is 421 g/mol. The average molecular weight is 441 g/mol. The molecule has 3 aromatic rings. The van der Waals surface area contributed by atoms with Gasteiger partial charge in [0.2, 0.25) is 5.91 Å². The molecule has 1 fully saturated rings. The van der Waals surface area contributed by atoms with Crippen molar-refractivity contribution in [2.45, 2.75) is 35.8 Å². The SMILES string of the molecule is COC(=O)Cn1c(S[C@@H](C(=O)NC2CC2)c2ccc(F)cc2)nc2ccccc2c1=O. The lowest BCUT2D eigenvalue weighted by Gasteiger charge is -2.19. The van der Waals surface area contributed by atoms with Crippen LogP contribution in [-0.2, 0) is 20.9 Å². The zero-order valence-corrected chi connectivity index (χ0v) is 17.5. The standard InChI is InChI=1S/C22H20FN3O4S/c1-30-18(27)12-26-21(29)16-4-2-3-5-17(16)25-22(26)31-19(20(28)24-15-10-11-15)13-6-8-14(23)9-7-13/h2-9,15,19H,10-12H2,1H3,(H,24,28)/t19-/m1/s1. The van der Waals surface area contributed by atoms with E-state index >= 15 is 0 Å². The summed E-state index contributed by atoms with van der Waals surface area (Å²) in [5.74, 6) is -1.28. The smallest absolute Gasteiger partial charge is 0.325 e. The van der Waals surface area contributed by atoms with Crippen LogP contribution in [0, 0.1) is 5.82 Å². The molecule has 4 rings (SSSR count). The minimum Gasteiger partial charge on any atom is -0.468 e. The summed E-state index contributed by atoms with van der Waals surface area (Å²) in [6, 6.07) is 12.5. The van der Waals surface area contributed by atoms with E-state index in [9.17, 15) is 18.8 Å². The second kappa shape index (κ2) is 8.89. The summed E-state index contributed by atoms with van der Waals surface area (Å²) in [5.41, 5.74) is 0.618. The van der Waals surface area contributed by atoms with Crippen molar-refractivity contribution in [1.29, 1.82) is 0 Å². The monoisotopic (exact) mass is 441 g/mol. The summed E-state index contributed by atoms with van der Waals surface area (Å²) >= 11 is 1.04. The molecule has 2 aromatic carbocycles. The Morgan fingerprint density at radius 3 is 2.61 bits per heavy atom. The topological polar surface area (TPSA) is 90.3 Å². The maximum atomic E-state index is 13.5. The molecule has 7 nitrogen and oxygen atoms in total. The van der Waals surface area contributed by atoms with Crippen LogP contribution >= 0.6 is 11.8 Å². The average Bonchev–Trinajstić information content (AvgIpc) is 3.59. The number of halogens is 1. The van der Waals surface area contributed by atoms with Crippen molar-refractivity contribution in [3.63, 3.8) is 0 Å². The van der Waals surface area contributed by atoms with Gasteiger partial charge in [0, 0.05) is 6.04 Å². The highest BCUT2D eigenvalue weighted by atomic mass is 32.2. The number of thioether (sulfide) groups is 1. The van der Waals surface area contributed by atoms with Crippen molar-refractivity contribution in [1.82, 2.24) is 14.9 Å².